The molecule has 2 rings (SSSR count). The smallest absolute Gasteiger partial charge is 0.346 e. The second-order valence-corrected chi connectivity index (χ2v) is 3.30. The molecule has 16 heavy (non-hydrogen) atoms. The number of cyclic esters (lactones) is 2. The van der Waals surface area contributed by atoms with Crippen molar-refractivity contribution in [1.82, 2.24) is 0 Å². The van der Waals surface area contributed by atoms with Crippen LogP contribution in [0.2, 0.25) is 0 Å². The summed E-state index contributed by atoms with van der Waals surface area (Å²) in [6, 6.07) is 3.13. The summed E-state index contributed by atoms with van der Waals surface area (Å²) in [4.78, 5) is 22.5. The molecule has 1 heterocycles. The van der Waals surface area contributed by atoms with Gasteiger partial charge in [0.2, 0.25) is 0 Å². The van der Waals surface area contributed by atoms with E-state index in [1.807, 2.05) is 0 Å². The normalized spacial score (nSPS) is 14.1. The first kappa shape index (κ1) is 10.5. The van der Waals surface area contributed by atoms with Gasteiger partial charge in [0.1, 0.15) is 0 Å². The van der Waals surface area contributed by atoms with Crippen LogP contribution in [-0.4, -0.2) is 26.2 Å². The molecule has 0 aromatic heterocycles. The first-order chi connectivity index (χ1) is 7.65. The molecule has 0 saturated carbocycles. The molecule has 5 heteroatoms. The van der Waals surface area contributed by atoms with Crippen molar-refractivity contribution in [3.63, 3.8) is 0 Å². The molecule has 1 aromatic rings. The van der Waals surface area contributed by atoms with Crippen molar-refractivity contribution in [2.75, 3.05) is 14.2 Å². The topological polar surface area (TPSA) is 61.8 Å². The van der Waals surface area contributed by atoms with Gasteiger partial charge >= 0.3 is 11.9 Å². The van der Waals surface area contributed by atoms with Crippen LogP contribution < -0.4 is 9.47 Å². The number of hydrogen-bond acceptors (Lipinski definition) is 5. The summed E-state index contributed by atoms with van der Waals surface area (Å²) in [6.07, 6.45) is 0.0709. The molecule has 0 saturated heterocycles. The molecule has 0 unspecified atom stereocenters. The Morgan fingerprint density at radius 3 is 2.38 bits per heavy atom. The van der Waals surface area contributed by atoms with Gasteiger partial charge in [0.15, 0.2) is 11.5 Å². The highest BCUT2D eigenvalue weighted by atomic mass is 16.6. The number of esters is 2. The third-order valence-electron chi connectivity index (χ3n) is 2.37. The summed E-state index contributed by atoms with van der Waals surface area (Å²) in [5.74, 6) is -0.270. The van der Waals surface area contributed by atoms with Crippen molar-refractivity contribution in [3.05, 3.63) is 23.3 Å². The SMILES string of the molecule is COc1cc2c(cc1OC)C(=O)OC(=O)C2. The Morgan fingerprint density at radius 1 is 1.12 bits per heavy atom. The average Bonchev–Trinajstić information content (AvgIpc) is 2.27. The molecule has 0 fully saturated rings. The lowest BCUT2D eigenvalue weighted by Gasteiger charge is -2.16. The maximum atomic E-state index is 11.4. The quantitative estimate of drug-likeness (QED) is 0.550. The van der Waals surface area contributed by atoms with Gasteiger partial charge in [-0.3, -0.25) is 4.79 Å². The number of benzene rings is 1. The average molecular weight is 222 g/mol. The summed E-state index contributed by atoms with van der Waals surface area (Å²) >= 11 is 0. The molecular formula is C11H10O5. The third kappa shape index (κ3) is 1.60. The highest BCUT2D eigenvalue weighted by Crippen LogP contribution is 2.32. The predicted molar refractivity (Wildman–Crippen MR) is 53.7 cm³/mol. The molecule has 0 atom stereocenters. The van der Waals surface area contributed by atoms with Crippen molar-refractivity contribution in [1.29, 1.82) is 0 Å². The van der Waals surface area contributed by atoms with Gasteiger partial charge in [0.25, 0.3) is 0 Å². The van der Waals surface area contributed by atoms with Crippen LogP contribution in [0.4, 0.5) is 0 Å². The lowest BCUT2D eigenvalue weighted by Crippen LogP contribution is -2.23. The van der Waals surface area contributed by atoms with E-state index in [1.54, 1.807) is 6.07 Å². The van der Waals surface area contributed by atoms with Crippen LogP contribution in [0.5, 0.6) is 11.5 Å². The van der Waals surface area contributed by atoms with E-state index < -0.39 is 11.9 Å². The van der Waals surface area contributed by atoms with Gasteiger partial charge in [-0.1, -0.05) is 0 Å². The van der Waals surface area contributed by atoms with E-state index in [0.29, 0.717) is 22.6 Å². The van der Waals surface area contributed by atoms with E-state index in [1.165, 1.54) is 20.3 Å². The predicted octanol–water partition coefficient (Wildman–Crippen LogP) is 0.943. The number of rotatable bonds is 2. The van der Waals surface area contributed by atoms with Crippen molar-refractivity contribution < 1.29 is 23.8 Å². The molecule has 1 aliphatic heterocycles. The maximum Gasteiger partial charge on any atom is 0.346 e. The second-order valence-electron chi connectivity index (χ2n) is 3.30. The van der Waals surface area contributed by atoms with Crippen molar-refractivity contribution >= 4 is 11.9 Å². The second kappa shape index (κ2) is 3.84. The van der Waals surface area contributed by atoms with Gasteiger partial charge in [-0.05, 0) is 17.7 Å². The summed E-state index contributed by atoms with van der Waals surface area (Å²) in [5.41, 5.74) is 0.941. The largest absolute Gasteiger partial charge is 0.493 e. The van der Waals surface area contributed by atoms with E-state index in [4.69, 9.17) is 9.47 Å². The minimum absolute atomic E-state index is 0.0709. The van der Waals surface area contributed by atoms with Gasteiger partial charge in [-0.15, -0.1) is 0 Å². The van der Waals surface area contributed by atoms with Gasteiger partial charge < -0.3 is 14.2 Å². The molecule has 0 spiro atoms. The third-order valence-corrected chi connectivity index (χ3v) is 2.37. The summed E-state index contributed by atoms with van der Waals surface area (Å²) in [7, 11) is 2.97. The zero-order valence-corrected chi connectivity index (χ0v) is 8.90. The first-order valence-electron chi connectivity index (χ1n) is 4.65. The standard InChI is InChI=1S/C11H10O5/c1-14-8-3-6-4-10(12)16-11(13)7(6)5-9(8)15-2/h3,5H,4H2,1-2H3. The highest BCUT2D eigenvalue weighted by Gasteiger charge is 2.26. The van der Waals surface area contributed by atoms with Gasteiger partial charge in [0, 0.05) is 0 Å². The van der Waals surface area contributed by atoms with E-state index in [0.717, 1.165) is 0 Å². The number of methoxy groups -OCH3 is 2. The van der Waals surface area contributed by atoms with E-state index in [2.05, 4.69) is 4.74 Å². The van der Waals surface area contributed by atoms with Crippen molar-refractivity contribution in [2.24, 2.45) is 0 Å². The number of carbonyl (C=O) groups excluding carboxylic acids is 2. The molecule has 0 bridgehead atoms. The summed E-state index contributed by atoms with van der Waals surface area (Å²) in [5, 5.41) is 0. The number of fused-ring (bicyclic) bond motifs is 1. The highest BCUT2D eigenvalue weighted by molar-refractivity contribution is 6.03. The lowest BCUT2D eigenvalue weighted by atomic mass is 10.0. The summed E-state index contributed by atoms with van der Waals surface area (Å²) < 4.78 is 14.7. The summed E-state index contributed by atoms with van der Waals surface area (Å²) in [6.45, 7) is 0. The van der Waals surface area contributed by atoms with Gasteiger partial charge in [-0.25, -0.2) is 4.79 Å². The Morgan fingerprint density at radius 2 is 1.75 bits per heavy atom. The van der Waals surface area contributed by atoms with Crippen LogP contribution >= 0.6 is 0 Å². The zero-order valence-electron chi connectivity index (χ0n) is 8.90. The van der Waals surface area contributed by atoms with Gasteiger partial charge in [-0.2, -0.15) is 0 Å². The zero-order chi connectivity index (χ0) is 11.7. The Kier molecular flexibility index (Phi) is 2.52. The Balaban J connectivity index is 2.56. The minimum atomic E-state index is -0.646. The van der Waals surface area contributed by atoms with Crippen LogP contribution in [0.15, 0.2) is 12.1 Å². The maximum absolute atomic E-state index is 11.4. The molecule has 84 valence electrons. The number of ether oxygens (including phenoxy) is 3. The molecule has 0 aliphatic carbocycles. The van der Waals surface area contributed by atoms with Crippen LogP contribution in [0, 0.1) is 0 Å². The van der Waals surface area contributed by atoms with Crippen LogP contribution in [0.3, 0.4) is 0 Å². The number of carbonyl (C=O) groups is 2. The molecule has 1 aliphatic rings. The molecule has 5 nitrogen and oxygen atoms in total. The molecule has 0 N–H and O–H groups in total. The van der Waals surface area contributed by atoms with E-state index in [9.17, 15) is 9.59 Å². The monoisotopic (exact) mass is 222 g/mol. The van der Waals surface area contributed by atoms with Crippen LogP contribution in [-0.2, 0) is 16.0 Å². The first-order valence-corrected chi connectivity index (χ1v) is 4.65. The molecule has 0 amide bonds. The molecule has 1 aromatic carbocycles. The van der Waals surface area contributed by atoms with Gasteiger partial charge in [0.05, 0.1) is 26.2 Å². The van der Waals surface area contributed by atoms with Crippen molar-refractivity contribution in [2.45, 2.75) is 6.42 Å². The van der Waals surface area contributed by atoms with Crippen LogP contribution in [0.25, 0.3) is 0 Å². The molecular weight excluding hydrogens is 212 g/mol. The van der Waals surface area contributed by atoms with E-state index >= 15 is 0 Å². The Labute approximate surface area is 91.9 Å². The fraction of sp³-hybridized carbons (Fsp3) is 0.273. The fourth-order valence-electron chi connectivity index (χ4n) is 1.61. The van der Waals surface area contributed by atoms with Crippen molar-refractivity contribution in [3.8, 4) is 11.5 Å². The molecule has 0 radical (unpaired) electrons. The minimum Gasteiger partial charge on any atom is -0.493 e. The van der Waals surface area contributed by atoms with E-state index in [-0.39, 0.29) is 6.42 Å². The number of hydrogen-bond donors (Lipinski definition) is 0. The Hall–Kier alpha value is -2.04. The Bertz CT molecular complexity index is 464. The fourth-order valence-corrected chi connectivity index (χ4v) is 1.61. The lowest BCUT2D eigenvalue weighted by molar-refractivity contribution is -0.137. The van der Waals surface area contributed by atoms with Crippen LogP contribution in [0.1, 0.15) is 15.9 Å².